The summed E-state index contributed by atoms with van der Waals surface area (Å²) in [6, 6.07) is 1.48. The summed E-state index contributed by atoms with van der Waals surface area (Å²) < 4.78 is 36.1. The fraction of sp³-hybridized carbons (Fsp3) is 0.636. The van der Waals surface area contributed by atoms with Crippen molar-refractivity contribution < 1.29 is 23.1 Å². The van der Waals surface area contributed by atoms with Crippen LogP contribution in [0.1, 0.15) is 30.0 Å². The number of alkyl halides is 3. The second-order valence-electron chi connectivity index (χ2n) is 4.64. The van der Waals surface area contributed by atoms with Gasteiger partial charge in [0.25, 0.3) is 5.91 Å². The molecule has 108 valence electrons. The molecule has 0 saturated carbocycles. The number of carbonyl (C=O) groups excluding carboxylic acids is 1. The molecule has 0 bridgehead atoms. The summed E-state index contributed by atoms with van der Waals surface area (Å²) in [7, 11) is 0. The summed E-state index contributed by atoms with van der Waals surface area (Å²) in [6.07, 6.45) is -6.64. The molecule has 1 aromatic rings. The number of aliphatic hydroxyl groups is 1. The van der Waals surface area contributed by atoms with Crippen LogP contribution in [0.25, 0.3) is 0 Å². The molecule has 0 radical (unpaired) electrons. The van der Waals surface area contributed by atoms with Crippen LogP contribution in [0.15, 0.2) is 6.07 Å². The predicted octanol–water partition coefficient (Wildman–Crippen LogP) is 1.26. The van der Waals surface area contributed by atoms with E-state index >= 15 is 0 Å². The van der Waals surface area contributed by atoms with Crippen molar-refractivity contribution >= 4 is 5.91 Å². The molecule has 19 heavy (non-hydrogen) atoms. The van der Waals surface area contributed by atoms with Gasteiger partial charge in [-0.05, 0) is 18.4 Å². The lowest BCUT2D eigenvalue weighted by molar-refractivity contribution is -0.201. The Balaban J connectivity index is 2.52. The standard InChI is InChI=1S/C11H16F3N3O2/c1-6(2)3-7-4-8(17-16-7)10(19)15-5-9(18)11(12,13)14/h4,6,9,18H,3,5H2,1-2H3,(H,15,19)(H,16,17)/t9-/m0/s1. The normalized spacial score (nSPS) is 13.6. The minimum Gasteiger partial charge on any atom is -0.382 e. The topological polar surface area (TPSA) is 78.0 Å². The lowest BCUT2D eigenvalue weighted by Gasteiger charge is -2.14. The van der Waals surface area contributed by atoms with Crippen LogP contribution in [-0.4, -0.2) is 40.0 Å². The van der Waals surface area contributed by atoms with Gasteiger partial charge in [-0.2, -0.15) is 18.3 Å². The number of hydrogen-bond donors (Lipinski definition) is 3. The molecule has 0 unspecified atom stereocenters. The predicted molar refractivity (Wildman–Crippen MR) is 61.5 cm³/mol. The highest BCUT2D eigenvalue weighted by molar-refractivity contribution is 5.92. The van der Waals surface area contributed by atoms with E-state index in [-0.39, 0.29) is 5.69 Å². The molecule has 1 aromatic heterocycles. The van der Waals surface area contributed by atoms with Crippen molar-refractivity contribution in [1.82, 2.24) is 15.5 Å². The van der Waals surface area contributed by atoms with Crippen LogP contribution in [0.4, 0.5) is 13.2 Å². The fourth-order valence-electron chi connectivity index (χ4n) is 1.42. The van der Waals surface area contributed by atoms with Crippen LogP contribution in [0.3, 0.4) is 0 Å². The summed E-state index contributed by atoms with van der Waals surface area (Å²) in [5.74, 6) is -0.391. The van der Waals surface area contributed by atoms with Gasteiger partial charge in [0.1, 0.15) is 5.69 Å². The molecule has 1 heterocycles. The van der Waals surface area contributed by atoms with Crippen LogP contribution in [-0.2, 0) is 6.42 Å². The van der Waals surface area contributed by atoms with Crippen molar-refractivity contribution in [1.29, 1.82) is 0 Å². The molecular weight excluding hydrogens is 263 g/mol. The third-order valence-corrected chi connectivity index (χ3v) is 2.33. The Bertz CT molecular complexity index is 429. The van der Waals surface area contributed by atoms with Gasteiger partial charge in [0.05, 0.1) is 6.54 Å². The number of aromatic nitrogens is 2. The lowest BCUT2D eigenvalue weighted by atomic mass is 10.1. The monoisotopic (exact) mass is 279 g/mol. The van der Waals surface area contributed by atoms with Gasteiger partial charge >= 0.3 is 6.18 Å². The molecular formula is C11H16F3N3O2. The van der Waals surface area contributed by atoms with Gasteiger partial charge in [0.2, 0.25) is 0 Å². The van der Waals surface area contributed by atoms with Gasteiger partial charge in [-0.1, -0.05) is 13.8 Å². The Labute approximate surface area is 108 Å². The Morgan fingerprint density at radius 3 is 2.68 bits per heavy atom. The number of halogens is 3. The lowest BCUT2D eigenvalue weighted by Crippen LogP contribution is -2.40. The molecule has 0 fully saturated rings. The highest BCUT2D eigenvalue weighted by atomic mass is 19.4. The minimum atomic E-state index is -4.75. The van der Waals surface area contributed by atoms with E-state index in [4.69, 9.17) is 5.11 Å². The average molecular weight is 279 g/mol. The number of rotatable bonds is 5. The smallest absolute Gasteiger partial charge is 0.382 e. The van der Waals surface area contributed by atoms with Crippen LogP contribution in [0.2, 0.25) is 0 Å². The Morgan fingerprint density at radius 2 is 2.16 bits per heavy atom. The van der Waals surface area contributed by atoms with E-state index in [1.165, 1.54) is 6.07 Å². The molecule has 0 aromatic carbocycles. The van der Waals surface area contributed by atoms with Gasteiger partial charge < -0.3 is 10.4 Å². The Kier molecular flexibility index (Phi) is 4.93. The summed E-state index contributed by atoms with van der Waals surface area (Å²) in [6.45, 7) is 3.08. The quantitative estimate of drug-likeness (QED) is 0.759. The fourth-order valence-corrected chi connectivity index (χ4v) is 1.42. The van der Waals surface area contributed by atoms with E-state index in [1.807, 2.05) is 19.2 Å². The third kappa shape index (κ3) is 4.90. The van der Waals surface area contributed by atoms with Crippen LogP contribution >= 0.6 is 0 Å². The largest absolute Gasteiger partial charge is 0.416 e. The first kappa shape index (κ1) is 15.5. The number of carbonyl (C=O) groups is 1. The Hall–Kier alpha value is -1.57. The molecule has 0 aliphatic carbocycles. The zero-order valence-electron chi connectivity index (χ0n) is 10.6. The number of amides is 1. The number of nitrogens with zero attached hydrogens (tertiary/aromatic N) is 1. The molecule has 3 N–H and O–H groups in total. The van der Waals surface area contributed by atoms with E-state index < -0.39 is 24.7 Å². The average Bonchev–Trinajstić information content (AvgIpc) is 2.71. The highest BCUT2D eigenvalue weighted by Gasteiger charge is 2.38. The van der Waals surface area contributed by atoms with Crippen molar-refractivity contribution in [3.63, 3.8) is 0 Å². The van der Waals surface area contributed by atoms with Crippen molar-refractivity contribution in [2.75, 3.05) is 6.54 Å². The summed E-state index contributed by atoms with van der Waals surface area (Å²) in [5.41, 5.74) is 0.738. The number of aliphatic hydroxyl groups excluding tert-OH is 1. The minimum absolute atomic E-state index is 0.00465. The van der Waals surface area contributed by atoms with Crippen LogP contribution in [0.5, 0.6) is 0 Å². The van der Waals surface area contributed by atoms with Gasteiger partial charge in [-0.25, -0.2) is 0 Å². The van der Waals surface area contributed by atoms with Crippen molar-refractivity contribution in [3.8, 4) is 0 Å². The van der Waals surface area contributed by atoms with E-state index in [0.29, 0.717) is 12.3 Å². The first-order valence-corrected chi connectivity index (χ1v) is 5.77. The number of nitrogens with one attached hydrogen (secondary N) is 2. The van der Waals surface area contributed by atoms with E-state index in [2.05, 4.69) is 10.2 Å². The summed E-state index contributed by atoms with van der Waals surface area (Å²) >= 11 is 0. The maximum Gasteiger partial charge on any atom is 0.416 e. The maximum absolute atomic E-state index is 12.0. The molecule has 1 amide bonds. The highest BCUT2D eigenvalue weighted by Crippen LogP contribution is 2.19. The molecule has 8 heteroatoms. The second-order valence-corrected chi connectivity index (χ2v) is 4.64. The van der Waals surface area contributed by atoms with Crippen molar-refractivity contribution in [2.24, 2.45) is 5.92 Å². The van der Waals surface area contributed by atoms with Gasteiger partial charge in [-0.3, -0.25) is 9.89 Å². The van der Waals surface area contributed by atoms with E-state index in [9.17, 15) is 18.0 Å². The molecule has 1 rings (SSSR count). The molecule has 0 aliphatic heterocycles. The molecule has 5 nitrogen and oxygen atoms in total. The summed E-state index contributed by atoms with van der Waals surface area (Å²) in [5, 5.41) is 17.1. The third-order valence-electron chi connectivity index (χ3n) is 2.33. The van der Waals surface area contributed by atoms with E-state index in [1.54, 1.807) is 0 Å². The number of H-pyrrole nitrogens is 1. The number of aromatic amines is 1. The molecule has 0 aliphatic rings. The SMILES string of the molecule is CC(C)Cc1cc(C(=O)NC[C@H](O)C(F)(F)F)n[nH]1. The molecule has 1 atom stereocenters. The zero-order valence-corrected chi connectivity index (χ0v) is 10.6. The summed E-state index contributed by atoms with van der Waals surface area (Å²) in [4.78, 5) is 11.5. The Morgan fingerprint density at radius 1 is 1.53 bits per heavy atom. The van der Waals surface area contributed by atoms with Crippen LogP contribution < -0.4 is 5.32 Å². The van der Waals surface area contributed by atoms with Gasteiger partial charge in [-0.15, -0.1) is 0 Å². The maximum atomic E-state index is 12.0. The second kappa shape index (κ2) is 6.05. The zero-order chi connectivity index (χ0) is 14.6. The first-order chi connectivity index (χ1) is 8.70. The first-order valence-electron chi connectivity index (χ1n) is 5.77. The van der Waals surface area contributed by atoms with Crippen LogP contribution in [0, 0.1) is 5.92 Å². The molecule has 0 saturated heterocycles. The van der Waals surface area contributed by atoms with E-state index in [0.717, 1.165) is 5.69 Å². The van der Waals surface area contributed by atoms with Gasteiger partial charge in [0, 0.05) is 5.69 Å². The number of hydrogen-bond acceptors (Lipinski definition) is 3. The van der Waals surface area contributed by atoms with Crippen molar-refractivity contribution in [2.45, 2.75) is 32.5 Å². The molecule has 0 spiro atoms. The van der Waals surface area contributed by atoms with Crippen molar-refractivity contribution in [3.05, 3.63) is 17.5 Å². The van der Waals surface area contributed by atoms with Gasteiger partial charge in [0.15, 0.2) is 6.10 Å².